The first-order valence-electron chi connectivity index (χ1n) is 7.87. The monoisotopic (exact) mass is 369 g/mol. The van der Waals surface area contributed by atoms with Crippen LogP contribution >= 0.6 is 24.2 Å². The maximum Gasteiger partial charge on any atom is 0.227 e. The lowest BCUT2D eigenvalue weighted by molar-refractivity contribution is 0.171. The van der Waals surface area contributed by atoms with Gasteiger partial charge in [-0.05, 0) is 37.5 Å². The van der Waals surface area contributed by atoms with Gasteiger partial charge in [0, 0.05) is 17.1 Å². The number of fused-ring (bicyclic) bond motifs is 1. The highest BCUT2D eigenvalue weighted by atomic mass is 35.5. The molecule has 1 fully saturated rings. The van der Waals surface area contributed by atoms with Crippen LogP contribution in [0.4, 0.5) is 0 Å². The summed E-state index contributed by atoms with van der Waals surface area (Å²) < 4.78 is 16.4. The van der Waals surface area contributed by atoms with Gasteiger partial charge in [0.25, 0.3) is 0 Å². The van der Waals surface area contributed by atoms with Gasteiger partial charge in [0.05, 0.1) is 5.54 Å². The number of halogens is 1. The van der Waals surface area contributed by atoms with E-state index in [2.05, 4.69) is 10.1 Å². The molecule has 8 heteroatoms. The smallest absolute Gasteiger partial charge is 0.227 e. The third-order valence-electron chi connectivity index (χ3n) is 4.26. The number of rotatable bonds is 5. The maximum atomic E-state index is 6.21. The molecule has 1 aliphatic carbocycles. The molecule has 2 aromatic rings. The van der Waals surface area contributed by atoms with Gasteiger partial charge in [-0.2, -0.15) is 4.98 Å². The number of ether oxygens (including phenoxy) is 2. The Morgan fingerprint density at radius 3 is 2.71 bits per heavy atom. The third-order valence-corrected chi connectivity index (χ3v) is 5.25. The molecule has 24 heavy (non-hydrogen) atoms. The predicted molar refractivity (Wildman–Crippen MR) is 93.1 cm³/mol. The largest absolute Gasteiger partial charge is 0.486 e. The highest BCUT2D eigenvalue weighted by Gasteiger charge is 2.38. The van der Waals surface area contributed by atoms with E-state index in [4.69, 9.17) is 19.7 Å². The Hall–Kier alpha value is -1.44. The molecule has 0 unspecified atom stereocenters. The first kappa shape index (κ1) is 17.4. The zero-order chi connectivity index (χ0) is 15.7. The molecule has 1 aromatic heterocycles. The number of nitrogens with zero attached hydrogens (tertiary/aromatic N) is 2. The van der Waals surface area contributed by atoms with Crippen molar-refractivity contribution in [2.24, 2.45) is 5.73 Å². The number of aryl methyl sites for hydroxylation is 1. The van der Waals surface area contributed by atoms with Crippen LogP contribution < -0.4 is 15.2 Å². The number of benzene rings is 1. The topological polar surface area (TPSA) is 83.4 Å². The Kier molecular flexibility index (Phi) is 5.22. The summed E-state index contributed by atoms with van der Waals surface area (Å²) in [6, 6.07) is 6.01. The molecule has 0 saturated heterocycles. The van der Waals surface area contributed by atoms with E-state index in [0.717, 1.165) is 47.8 Å². The summed E-state index contributed by atoms with van der Waals surface area (Å²) in [7, 11) is 0. The van der Waals surface area contributed by atoms with Crippen molar-refractivity contribution in [3.8, 4) is 11.5 Å². The van der Waals surface area contributed by atoms with Crippen molar-refractivity contribution in [2.45, 2.75) is 36.1 Å². The third kappa shape index (κ3) is 3.48. The van der Waals surface area contributed by atoms with E-state index in [1.54, 1.807) is 11.8 Å². The average Bonchev–Trinajstić information content (AvgIpc) is 3.02. The fourth-order valence-electron chi connectivity index (χ4n) is 2.71. The minimum atomic E-state index is -0.356. The molecule has 0 spiro atoms. The molecule has 2 aliphatic rings. The zero-order valence-corrected chi connectivity index (χ0v) is 14.8. The number of hydrogen-bond acceptors (Lipinski definition) is 7. The van der Waals surface area contributed by atoms with Crippen LogP contribution in [0, 0.1) is 0 Å². The fraction of sp³-hybridized carbons (Fsp3) is 0.500. The van der Waals surface area contributed by atoms with Gasteiger partial charge in [-0.15, -0.1) is 24.2 Å². The Morgan fingerprint density at radius 2 is 1.96 bits per heavy atom. The molecule has 0 atom stereocenters. The molecule has 1 saturated carbocycles. The normalized spacial score (nSPS) is 17.7. The summed E-state index contributed by atoms with van der Waals surface area (Å²) in [5.41, 5.74) is 5.85. The van der Waals surface area contributed by atoms with Gasteiger partial charge in [-0.1, -0.05) is 5.16 Å². The highest BCUT2D eigenvalue weighted by Crippen LogP contribution is 2.37. The summed E-state index contributed by atoms with van der Waals surface area (Å²) in [5, 5.41) is 4.04. The zero-order valence-electron chi connectivity index (χ0n) is 13.2. The van der Waals surface area contributed by atoms with Gasteiger partial charge >= 0.3 is 0 Å². The summed E-state index contributed by atoms with van der Waals surface area (Å²) in [4.78, 5) is 5.59. The van der Waals surface area contributed by atoms with Crippen LogP contribution in [0.3, 0.4) is 0 Å². The predicted octanol–water partition coefficient (Wildman–Crippen LogP) is 2.94. The molecule has 2 N–H and O–H groups in total. The van der Waals surface area contributed by atoms with E-state index in [9.17, 15) is 0 Å². The minimum Gasteiger partial charge on any atom is -0.486 e. The van der Waals surface area contributed by atoms with Crippen LogP contribution in [0.5, 0.6) is 11.5 Å². The molecule has 1 aromatic carbocycles. The number of aromatic nitrogens is 2. The molecule has 1 aliphatic heterocycles. The Labute approximate surface area is 150 Å². The molecule has 0 radical (unpaired) electrons. The average molecular weight is 370 g/mol. The lowest BCUT2D eigenvalue weighted by Crippen LogP contribution is -2.44. The second kappa shape index (κ2) is 7.21. The van der Waals surface area contributed by atoms with Crippen LogP contribution in [0.15, 0.2) is 27.6 Å². The quantitative estimate of drug-likeness (QED) is 0.811. The van der Waals surface area contributed by atoms with Crippen LogP contribution in [0.1, 0.15) is 31.0 Å². The van der Waals surface area contributed by atoms with E-state index in [1.165, 1.54) is 0 Å². The highest BCUT2D eigenvalue weighted by molar-refractivity contribution is 7.99. The van der Waals surface area contributed by atoms with E-state index in [1.807, 2.05) is 18.2 Å². The van der Waals surface area contributed by atoms with E-state index in [-0.39, 0.29) is 17.9 Å². The van der Waals surface area contributed by atoms with Crippen molar-refractivity contribution < 1.29 is 14.0 Å². The molecular formula is C16H20ClN3O3S. The number of nitrogens with two attached hydrogens (primary N) is 1. The van der Waals surface area contributed by atoms with Crippen LogP contribution in [0.2, 0.25) is 0 Å². The Balaban J connectivity index is 0.00000169. The lowest BCUT2D eigenvalue weighted by Gasteiger charge is -2.34. The van der Waals surface area contributed by atoms with Crippen molar-refractivity contribution in [1.82, 2.24) is 10.1 Å². The molecule has 4 rings (SSSR count). The van der Waals surface area contributed by atoms with Gasteiger partial charge in [0.15, 0.2) is 17.3 Å². The van der Waals surface area contributed by atoms with E-state index in [0.29, 0.717) is 24.9 Å². The molecule has 6 nitrogen and oxygen atoms in total. The number of thioether (sulfide) groups is 1. The fourth-order valence-corrected chi connectivity index (χ4v) is 3.58. The van der Waals surface area contributed by atoms with Gasteiger partial charge < -0.3 is 19.7 Å². The van der Waals surface area contributed by atoms with Crippen LogP contribution in [0.25, 0.3) is 0 Å². The van der Waals surface area contributed by atoms with E-state index >= 15 is 0 Å². The van der Waals surface area contributed by atoms with Gasteiger partial charge in [0.2, 0.25) is 5.89 Å². The molecule has 130 valence electrons. The number of hydrogen-bond donors (Lipinski definition) is 1. The van der Waals surface area contributed by atoms with Gasteiger partial charge in [-0.25, -0.2) is 0 Å². The van der Waals surface area contributed by atoms with E-state index < -0.39 is 0 Å². The molecule has 0 amide bonds. The molecule has 0 bridgehead atoms. The van der Waals surface area contributed by atoms with Gasteiger partial charge in [-0.3, -0.25) is 0 Å². The second-order valence-electron chi connectivity index (χ2n) is 5.93. The van der Waals surface area contributed by atoms with Crippen molar-refractivity contribution in [3.63, 3.8) is 0 Å². The van der Waals surface area contributed by atoms with Crippen molar-refractivity contribution in [3.05, 3.63) is 29.9 Å². The van der Waals surface area contributed by atoms with Crippen molar-refractivity contribution in [1.29, 1.82) is 0 Å². The van der Waals surface area contributed by atoms with Crippen molar-refractivity contribution in [2.75, 3.05) is 19.0 Å². The first-order chi connectivity index (χ1) is 11.2. The summed E-state index contributed by atoms with van der Waals surface area (Å²) in [6.07, 6.45) is 3.75. The standard InChI is InChI=1S/C16H19N3O3S.ClH/c17-16(5-1-6-16)15-18-14(22-19-15)4-9-23-11-2-3-12-13(10-11)21-8-7-20-12;/h2-3,10H,1,4-9,17H2;1H. The Bertz CT molecular complexity index is 706. The van der Waals surface area contributed by atoms with Crippen LogP contribution in [-0.2, 0) is 12.0 Å². The maximum absolute atomic E-state index is 6.21. The van der Waals surface area contributed by atoms with Crippen LogP contribution in [-0.4, -0.2) is 29.1 Å². The van der Waals surface area contributed by atoms with Crippen molar-refractivity contribution >= 4 is 24.2 Å². The lowest BCUT2D eigenvalue weighted by atomic mass is 9.77. The molecule has 2 heterocycles. The first-order valence-corrected chi connectivity index (χ1v) is 8.86. The molecular weight excluding hydrogens is 350 g/mol. The second-order valence-corrected chi connectivity index (χ2v) is 7.09. The Morgan fingerprint density at radius 1 is 1.17 bits per heavy atom. The summed E-state index contributed by atoms with van der Waals surface area (Å²) in [5.74, 6) is 3.80. The summed E-state index contributed by atoms with van der Waals surface area (Å²) >= 11 is 1.73. The minimum absolute atomic E-state index is 0. The summed E-state index contributed by atoms with van der Waals surface area (Å²) in [6.45, 7) is 1.22. The van der Waals surface area contributed by atoms with Gasteiger partial charge in [0.1, 0.15) is 13.2 Å². The SMILES string of the molecule is Cl.NC1(c2noc(CCSc3ccc4c(c3)OCCO4)n2)CCC1.